The van der Waals surface area contributed by atoms with Gasteiger partial charge in [-0.15, -0.1) is 10.2 Å². The van der Waals surface area contributed by atoms with Crippen LogP contribution in [0.5, 0.6) is 0 Å². The van der Waals surface area contributed by atoms with E-state index >= 15 is 0 Å². The number of carboxylic acids is 1. The molecule has 0 saturated heterocycles. The van der Waals surface area contributed by atoms with Gasteiger partial charge in [-0.2, -0.15) is 9.61 Å². The number of aliphatic carboxylic acids is 1. The van der Waals surface area contributed by atoms with Gasteiger partial charge in [0.2, 0.25) is 0 Å². The zero-order chi connectivity index (χ0) is 16.4. The normalized spacial score (nSPS) is 12.4. The maximum absolute atomic E-state index is 13.0. The number of carbonyl (C=O) groups excluding carboxylic acids is 1. The number of hydrogen-bond acceptors (Lipinski definition) is 6. The molecular weight excluding hydrogens is 319 g/mol. The molecule has 2 aromatic heterocycles. The molecule has 0 unspecified atom stereocenters. The van der Waals surface area contributed by atoms with Gasteiger partial charge in [-0.05, 0) is 42.8 Å². The number of fused-ring (bicyclic) bond motifs is 1. The Kier molecular flexibility index (Phi) is 4.24. The first-order chi connectivity index (χ1) is 11.1. The van der Waals surface area contributed by atoms with Crippen molar-refractivity contribution < 1.29 is 14.3 Å². The van der Waals surface area contributed by atoms with Gasteiger partial charge in [0.15, 0.2) is 11.5 Å². The van der Waals surface area contributed by atoms with Crippen LogP contribution in [0.2, 0.25) is 0 Å². The lowest BCUT2D eigenvalue weighted by Gasteiger charge is -2.14. The van der Waals surface area contributed by atoms with E-state index in [1.54, 1.807) is 31.2 Å². The molecule has 3 rings (SSSR count). The molecule has 0 spiro atoms. The molecule has 3 aromatic rings. The average Bonchev–Trinajstić information content (AvgIpc) is 2.96. The Bertz CT molecular complexity index is 850. The fourth-order valence-electron chi connectivity index (χ4n) is 2.06. The molecule has 8 heteroatoms. The number of rotatable bonds is 5. The molecule has 1 aromatic carbocycles. The number of hydrogen-bond donors (Lipinski definition) is 0. The lowest BCUT2D eigenvalue weighted by Crippen LogP contribution is -2.33. The summed E-state index contributed by atoms with van der Waals surface area (Å²) in [5.41, 5.74) is 1.19. The minimum Gasteiger partial charge on any atom is -0.549 e. The highest BCUT2D eigenvalue weighted by molar-refractivity contribution is 8.00. The molecule has 0 radical (unpaired) electrons. The van der Waals surface area contributed by atoms with Crippen molar-refractivity contribution in [2.75, 3.05) is 0 Å². The minimum atomic E-state index is -1.12. The summed E-state index contributed by atoms with van der Waals surface area (Å²) in [5, 5.41) is 23.3. The third kappa shape index (κ3) is 3.16. The van der Waals surface area contributed by atoms with E-state index in [4.69, 9.17) is 0 Å². The van der Waals surface area contributed by atoms with Crippen molar-refractivity contribution in [3.05, 3.63) is 42.2 Å². The predicted octanol–water partition coefficient (Wildman–Crippen LogP) is 1.55. The summed E-state index contributed by atoms with van der Waals surface area (Å²) in [6, 6.07) is 9.23. The zero-order valence-corrected chi connectivity index (χ0v) is 13.0. The summed E-state index contributed by atoms with van der Waals surface area (Å²) in [6.45, 7) is 1.77. The third-order valence-corrected chi connectivity index (χ3v) is 4.51. The highest BCUT2D eigenvalue weighted by atomic mass is 32.2. The van der Waals surface area contributed by atoms with Crippen LogP contribution in [0.25, 0.3) is 17.0 Å². The number of carboxylic acid groups (broad SMARTS) is 1. The molecule has 0 bridgehead atoms. The van der Waals surface area contributed by atoms with Crippen LogP contribution in [-0.4, -0.2) is 31.0 Å². The molecular formula is C15H12FN4O2S-. The molecule has 0 amide bonds. The Hall–Kier alpha value is -2.48. The molecule has 0 saturated carbocycles. The van der Waals surface area contributed by atoms with Gasteiger partial charge in [-0.3, -0.25) is 0 Å². The van der Waals surface area contributed by atoms with Crippen molar-refractivity contribution >= 4 is 23.4 Å². The van der Waals surface area contributed by atoms with Gasteiger partial charge in [-0.25, -0.2) is 4.39 Å². The van der Waals surface area contributed by atoms with Gasteiger partial charge < -0.3 is 9.90 Å². The smallest absolute Gasteiger partial charge is 0.185 e. The average molecular weight is 331 g/mol. The number of benzene rings is 1. The topological polar surface area (TPSA) is 83.2 Å². The highest BCUT2D eigenvalue weighted by Gasteiger charge is 2.14. The molecule has 0 aliphatic rings. The van der Waals surface area contributed by atoms with E-state index in [1.807, 2.05) is 0 Å². The summed E-state index contributed by atoms with van der Waals surface area (Å²) in [7, 11) is 0. The first-order valence-corrected chi connectivity index (χ1v) is 7.82. The molecule has 0 aliphatic heterocycles. The third-order valence-electron chi connectivity index (χ3n) is 3.24. The van der Waals surface area contributed by atoms with E-state index in [9.17, 15) is 14.3 Å². The van der Waals surface area contributed by atoms with Crippen LogP contribution >= 0.6 is 11.8 Å². The summed E-state index contributed by atoms with van der Waals surface area (Å²) in [6.07, 6.45) is 0.430. The van der Waals surface area contributed by atoms with Crippen molar-refractivity contribution in [1.82, 2.24) is 19.8 Å². The highest BCUT2D eigenvalue weighted by Crippen LogP contribution is 2.25. The van der Waals surface area contributed by atoms with Crippen molar-refractivity contribution in [1.29, 1.82) is 0 Å². The van der Waals surface area contributed by atoms with Gasteiger partial charge in [0, 0.05) is 5.56 Å². The Morgan fingerprint density at radius 3 is 2.65 bits per heavy atom. The molecule has 0 N–H and O–H groups in total. The maximum Gasteiger partial charge on any atom is 0.185 e. The Morgan fingerprint density at radius 2 is 2.00 bits per heavy atom. The van der Waals surface area contributed by atoms with Crippen molar-refractivity contribution in [2.45, 2.75) is 23.6 Å². The van der Waals surface area contributed by atoms with E-state index in [2.05, 4.69) is 15.3 Å². The Labute approximate surface area is 135 Å². The summed E-state index contributed by atoms with van der Waals surface area (Å²) in [4.78, 5) is 11.0. The second-order valence-electron chi connectivity index (χ2n) is 4.81. The molecule has 0 fully saturated rings. The van der Waals surface area contributed by atoms with Crippen LogP contribution in [0.4, 0.5) is 4.39 Å². The molecule has 118 valence electrons. The van der Waals surface area contributed by atoms with Crippen molar-refractivity contribution in [3.63, 3.8) is 0 Å². The fourth-order valence-corrected chi connectivity index (χ4v) is 2.89. The van der Waals surface area contributed by atoms with Gasteiger partial charge in [-0.1, -0.05) is 18.7 Å². The van der Waals surface area contributed by atoms with E-state index in [-0.39, 0.29) is 5.82 Å². The standard InChI is InChI=1S/C15H13FN4O2S/c1-2-11(15(21)22)23-13-8-7-12-17-18-14(20(12)19-13)9-3-5-10(16)6-4-9/h3-8,11H,2H2,1H3,(H,21,22)/p-1/t11-/m0/s1. The largest absolute Gasteiger partial charge is 0.549 e. The van der Waals surface area contributed by atoms with E-state index in [0.717, 1.165) is 11.8 Å². The van der Waals surface area contributed by atoms with Crippen LogP contribution in [0.3, 0.4) is 0 Å². The van der Waals surface area contributed by atoms with Gasteiger partial charge in [0.25, 0.3) is 0 Å². The lowest BCUT2D eigenvalue weighted by molar-refractivity contribution is -0.304. The number of halogens is 1. The SMILES string of the molecule is CC[C@H](Sc1ccc2nnc(-c3ccc(F)cc3)n2n1)C(=O)[O-]. The lowest BCUT2D eigenvalue weighted by atomic mass is 10.2. The molecule has 1 atom stereocenters. The summed E-state index contributed by atoms with van der Waals surface area (Å²) < 4.78 is 14.6. The first-order valence-electron chi connectivity index (χ1n) is 6.94. The van der Waals surface area contributed by atoms with E-state index < -0.39 is 11.2 Å². The minimum absolute atomic E-state index is 0.341. The Morgan fingerprint density at radius 1 is 1.26 bits per heavy atom. The van der Waals surface area contributed by atoms with Gasteiger partial charge in [0.1, 0.15) is 10.8 Å². The zero-order valence-electron chi connectivity index (χ0n) is 12.1. The predicted molar refractivity (Wildman–Crippen MR) is 81.1 cm³/mol. The van der Waals surface area contributed by atoms with Crippen LogP contribution in [-0.2, 0) is 4.79 Å². The number of nitrogens with zero attached hydrogens (tertiary/aromatic N) is 4. The van der Waals surface area contributed by atoms with Crippen LogP contribution < -0.4 is 5.11 Å². The second-order valence-corrected chi connectivity index (χ2v) is 6.03. The summed E-state index contributed by atoms with van der Waals surface area (Å²) >= 11 is 1.11. The monoisotopic (exact) mass is 331 g/mol. The maximum atomic E-state index is 13.0. The quantitative estimate of drug-likeness (QED) is 0.660. The van der Waals surface area contributed by atoms with E-state index in [1.165, 1.54) is 16.6 Å². The Balaban J connectivity index is 2.00. The molecule has 23 heavy (non-hydrogen) atoms. The first kappa shape index (κ1) is 15.4. The second kappa shape index (κ2) is 6.33. The molecule has 2 heterocycles. The van der Waals surface area contributed by atoms with Crippen LogP contribution in [0.15, 0.2) is 41.4 Å². The number of thioether (sulfide) groups is 1. The van der Waals surface area contributed by atoms with Gasteiger partial charge >= 0.3 is 0 Å². The number of aromatic nitrogens is 4. The number of carbonyl (C=O) groups is 1. The van der Waals surface area contributed by atoms with E-state index in [0.29, 0.717) is 28.5 Å². The van der Waals surface area contributed by atoms with Crippen molar-refractivity contribution in [3.8, 4) is 11.4 Å². The summed E-state index contributed by atoms with van der Waals surface area (Å²) in [5.74, 6) is -1.00. The van der Waals surface area contributed by atoms with Gasteiger partial charge in [0.05, 0.1) is 11.2 Å². The van der Waals surface area contributed by atoms with Crippen LogP contribution in [0, 0.1) is 5.82 Å². The van der Waals surface area contributed by atoms with Crippen LogP contribution in [0.1, 0.15) is 13.3 Å². The molecule has 6 nitrogen and oxygen atoms in total. The molecule has 0 aliphatic carbocycles. The van der Waals surface area contributed by atoms with Crippen molar-refractivity contribution in [2.24, 2.45) is 0 Å². The fraction of sp³-hybridized carbons (Fsp3) is 0.200.